The fourth-order valence-electron chi connectivity index (χ4n) is 1.29. The minimum atomic E-state index is -0.835. The Morgan fingerprint density at radius 1 is 1.53 bits per heavy atom. The molecule has 7 heteroatoms. The molecule has 0 unspecified atom stereocenters. The average Bonchev–Trinajstić information content (AvgIpc) is 2.58. The lowest BCUT2D eigenvalue weighted by Gasteiger charge is -2.03. The summed E-state index contributed by atoms with van der Waals surface area (Å²) in [5.74, 6) is 0.0627. The Hall–Kier alpha value is -1.76. The SMILES string of the molecule is CCNCn1cnc2c(N)nc(F)nc21. The van der Waals surface area contributed by atoms with Gasteiger partial charge in [-0.3, -0.25) is 5.32 Å². The van der Waals surface area contributed by atoms with E-state index in [1.54, 1.807) is 10.9 Å². The number of anilines is 1. The molecule has 0 aliphatic carbocycles. The summed E-state index contributed by atoms with van der Waals surface area (Å²) < 4.78 is 14.6. The molecule has 0 aromatic carbocycles. The number of nitrogens with one attached hydrogen (secondary N) is 1. The fraction of sp³-hybridized carbons (Fsp3) is 0.375. The number of imidazole rings is 1. The molecule has 6 nitrogen and oxygen atoms in total. The third-order valence-electron chi connectivity index (χ3n) is 2.00. The highest BCUT2D eigenvalue weighted by atomic mass is 19.1. The molecule has 2 heterocycles. The fourth-order valence-corrected chi connectivity index (χ4v) is 1.29. The highest BCUT2D eigenvalue weighted by molar-refractivity contribution is 5.81. The molecule has 0 fully saturated rings. The van der Waals surface area contributed by atoms with Crippen molar-refractivity contribution >= 4 is 17.0 Å². The molecule has 0 aliphatic heterocycles. The average molecular weight is 210 g/mol. The van der Waals surface area contributed by atoms with Crippen LogP contribution in [0.25, 0.3) is 11.2 Å². The molecule has 80 valence electrons. The highest BCUT2D eigenvalue weighted by Crippen LogP contribution is 2.14. The molecule has 0 saturated carbocycles. The summed E-state index contributed by atoms with van der Waals surface area (Å²) in [6.07, 6.45) is 0.718. The van der Waals surface area contributed by atoms with Crippen LogP contribution in [0.2, 0.25) is 0 Å². The molecule has 2 aromatic heterocycles. The molecule has 0 spiro atoms. The number of nitrogens with two attached hydrogens (primary N) is 1. The van der Waals surface area contributed by atoms with Crippen molar-refractivity contribution in [1.82, 2.24) is 24.8 Å². The molecule has 2 aromatic rings. The molecule has 0 aliphatic rings. The van der Waals surface area contributed by atoms with Crippen molar-refractivity contribution in [3.05, 3.63) is 12.4 Å². The van der Waals surface area contributed by atoms with Crippen LogP contribution in [0, 0.1) is 6.08 Å². The van der Waals surface area contributed by atoms with Crippen LogP contribution < -0.4 is 11.1 Å². The summed E-state index contributed by atoms with van der Waals surface area (Å²) in [5.41, 5.74) is 6.34. The third kappa shape index (κ3) is 1.73. The summed E-state index contributed by atoms with van der Waals surface area (Å²) in [7, 11) is 0. The minimum Gasteiger partial charge on any atom is -0.382 e. The molecule has 0 bridgehead atoms. The Bertz CT molecular complexity index is 479. The monoisotopic (exact) mass is 210 g/mol. The van der Waals surface area contributed by atoms with Gasteiger partial charge in [0.15, 0.2) is 11.5 Å². The van der Waals surface area contributed by atoms with Crippen LogP contribution in [0.3, 0.4) is 0 Å². The second-order valence-electron chi connectivity index (χ2n) is 3.03. The largest absolute Gasteiger partial charge is 0.382 e. The Kier molecular flexibility index (Phi) is 2.46. The van der Waals surface area contributed by atoms with E-state index >= 15 is 0 Å². The van der Waals surface area contributed by atoms with E-state index in [2.05, 4.69) is 20.3 Å². The summed E-state index contributed by atoms with van der Waals surface area (Å²) in [5, 5.41) is 3.08. The van der Waals surface area contributed by atoms with Gasteiger partial charge in [-0.05, 0) is 6.54 Å². The van der Waals surface area contributed by atoms with Gasteiger partial charge in [0.1, 0.15) is 5.52 Å². The van der Waals surface area contributed by atoms with Crippen molar-refractivity contribution in [3.63, 3.8) is 0 Å². The number of rotatable bonds is 3. The van der Waals surface area contributed by atoms with Gasteiger partial charge in [-0.1, -0.05) is 6.92 Å². The Morgan fingerprint density at radius 2 is 2.33 bits per heavy atom. The summed E-state index contributed by atoms with van der Waals surface area (Å²) >= 11 is 0. The minimum absolute atomic E-state index is 0.0627. The van der Waals surface area contributed by atoms with Crippen LogP contribution in [0.5, 0.6) is 0 Å². The van der Waals surface area contributed by atoms with E-state index in [0.29, 0.717) is 17.8 Å². The highest BCUT2D eigenvalue weighted by Gasteiger charge is 2.10. The predicted molar refractivity (Wildman–Crippen MR) is 53.4 cm³/mol. The van der Waals surface area contributed by atoms with E-state index in [1.165, 1.54) is 0 Å². The molecule has 3 N–H and O–H groups in total. The van der Waals surface area contributed by atoms with Gasteiger partial charge in [0.2, 0.25) is 0 Å². The van der Waals surface area contributed by atoms with Gasteiger partial charge in [0.25, 0.3) is 0 Å². The van der Waals surface area contributed by atoms with Gasteiger partial charge in [0, 0.05) is 0 Å². The maximum atomic E-state index is 12.9. The lowest BCUT2D eigenvalue weighted by Crippen LogP contribution is -2.17. The van der Waals surface area contributed by atoms with Crippen molar-refractivity contribution in [1.29, 1.82) is 0 Å². The van der Waals surface area contributed by atoms with Gasteiger partial charge in [-0.25, -0.2) is 4.98 Å². The van der Waals surface area contributed by atoms with E-state index in [-0.39, 0.29) is 5.82 Å². The van der Waals surface area contributed by atoms with Crippen LogP contribution in [0.4, 0.5) is 10.2 Å². The van der Waals surface area contributed by atoms with Crippen LogP contribution in [0.15, 0.2) is 6.33 Å². The van der Waals surface area contributed by atoms with Crippen LogP contribution in [-0.4, -0.2) is 26.1 Å². The molecule has 15 heavy (non-hydrogen) atoms. The van der Waals surface area contributed by atoms with Gasteiger partial charge in [0.05, 0.1) is 13.0 Å². The predicted octanol–water partition coefficient (Wildman–Crippen LogP) is 0.115. The Labute approximate surface area is 85.3 Å². The van der Waals surface area contributed by atoms with E-state index in [9.17, 15) is 4.39 Å². The molecule has 2 rings (SSSR count). The summed E-state index contributed by atoms with van der Waals surface area (Å²) in [6, 6.07) is 0. The third-order valence-corrected chi connectivity index (χ3v) is 2.00. The second-order valence-corrected chi connectivity index (χ2v) is 3.03. The molecule has 0 amide bonds. The zero-order valence-corrected chi connectivity index (χ0v) is 8.24. The van der Waals surface area contributed by atoms with E-state index in [0.717, 1.165) is 6.54 Å². The molecular weight excluding hydrogens is 199 g/mol. The summed E-state index contributed by atoms with van der Waals surface area (Å²) in [4.78, 5) is 11.1. The van der Waals surface area contributed by atoms with E-state index < -0.39 is 6.08 Å². The molecule has 0 atom stereocenters. The zero-order chi connectivity index (χ0) is 10.8. The molecular formula is C8H11FN6. The van der Waals surface area contributed by atoms with Crippen molar-refractivity contribution in [3.8, 4) is 0 Å². The number of fused-ring (bicyclic) bond motifs is 1. The van der Waals surface area contributed by atoms with Crippen molar-refractivity contribution in [2.45, 2.75) is 13.6 Å². The van der Waals surface area contributed by atoms with Gasteiger partial charge in [-0.15, -0.1) is 0 Å². The first-order chi connectivity index (χ1) is 7.22. The number of halogens is 1. The Balaban J connectivity index is 2.49. The Morgan fingerprint density at radius 3 is 3.07 bits per heavy atom. The number of hydrogen-bond donors (Lipinski definition) is 2. The lowest BCUT2D eigenvalue weighted by molar-refractivity contribution is 0.537. The van der Waals surface area contributed by atoms with Gasteiger partial charge >= 0.3 is 6.08 Å². The first-order valence-corrected chi connectivity index (χ1v) is 4.57. The smallest absolute Gasteiger partial charge is 0.312 e. The van der Waals surface area contributed by atoms with Gasteiger partial charge < -0.3 is 10.3 Å². The maximum Gasteiger partial charge on any atom is 0.312 e. The normalized spacial score (nSPS) is 11.1. The van der Waals surface area contributed by atoms with E-state index in [4.69, 9.17) is 5.73 Å². The van der Waals surface area contributed by atoms with Crippen molar-refractivity contribution in [2.24, 2.45) is 0 Å². The van der Waals surface area contributed by atoms with Crippen molar-refractivity contribution in [2.75, 3.05) is 12.3 Å². The first-order valence-electron chi connectivity index (χ1n) is 4.57. The first kappa shape index (κ1) is 9.78. The lowest BCUT2D eigenvalue weighted by atomic mass is 10.5. The molecule has 0 saturated heterocycles. The van der Waals surface area contributed by atoms with Gasteiger partial charge in [-0.2, -0.15) is 14.4 Å². The van der Waals surface area contributed by atoms with E-state index in [1.807, 2.05) is 6.92 Å². The number of nitrogens with zero attached hydrogens (tertiary/aromatic N) is 4. The number of nitrogen functional groups attached to an aromatic ring is 1. The number of hydrogen-bond acceptors (Lipinski definition) is 5. The van der Waals surface area contributed by atoms with Crippen LogP contribution in [0.1, 0.15) is 6.92 Å². The molecule has 0 radical (unpaired) electrons. The van der Waals surface area contributed by atoms with Crippen LogP contribution >= 0.6 is 0 Å². The quantitative estimate of drug-likeness (QED) is 0.703. The number of aromatic nitrogens is 4. The van der Waals surface area contributed by atoms with Crippen LogP contribution in [-0.2, 0) is 6.67 Å². The second kappa shape index (κ2) is 3.77. The zero-order valence-electron chi connectivity index (χ0n) is 8.24. The topological polar surface area (TPSA) is 81.7 Å². The summed E-state index contributed by atoms with van der Waals surface area (Å²) in [6.45, 7) is 3.30. The van der Waals surface area contributed by atoms with Crippen molar-refractivity contribution < 1.29 is 4.39 Å². The standard InChI is InChI=1S/C8H11FN6/c1-2-11-3-15-4-12-5-6(10)13-8(9)14-7(5)15/h4,11H,2-3H2,1H3,(H2,10,13,14). The maximum absolute atomic E-state index is 12.9.